The van der Waals surface area contributed by atoms with Crippen LogP contribution in [0.1, 0.15) is 83.6 Å². The lowest BCUT2D eigenvalue weighted by molar-refractivity contribution is 0.154. The van der Waals surface area contributed by atoms with Gasteiger partial charge in [-0.15, -0.1) is 0 Å². The first-order chi connectivity index (χ1) is 13.8. The van der Waals surface area contributed by atoms with E-state index >= 15 is 0 Å². The maximum atomic E-state index is 5.62. The molecule has 2 aliphatic rings. The molecule has 0 heterocycles. The SMILES string of the molecule is CCCOc1ccc(C#C/C=C/C2CCC([C@H]3CC[C@H](CC)CC3)CC2)cc1. The minimum atomic E-state index is 0.738. The van der Waals surface area contributed by atoms with Gasteiger partial charge in [-0.25, -0.2) is 0 Å². The minimum absolute atomic E-state index is 0.738. The van der Waals surface area contributed by atoms with Crippen LogP contribution in [0.4, 0.5) is 0 Å². The molecule has 1 heteroatoms. The highest BCUT2D eigenvalue weighted by Gasteiger charge is 2.29. The van der Waals surface area contributed by atoms with E-state index < -0.39 is 0 Å². The molecule has 0 radical (unpaired) electrons. The number of hydrogen-bond acceptors (Lipinski definition) is 1. The van der Waals surface area contributed by atoms with Gasteiger partial charge in [-0.3, -0.25) is 0 Å². The second-order valence-electron chi connectivity index (χ2n) is 8.87. The van der Waals surface area contributed by atoms with E-state index in [4.69, 9.17) is 4.74 Å². The fraction of sp³-hybridized carbons (Fsp3) is 0.630. The average Bonchev–Trinajstić information content (AvgIpc) is 2.76. The summed E-state index contributed by atoms with van der Waals surface area (Å²) in [6.45, 7) is 5.26. The van der Waals surface area contributed by atoms with Gasteiger partial charge in [0.1, 0.15) is 5.75 Å². The van der Waals surface area contributed by atoms with E-state index in [1.807, 2.05) is 24.3 Å². The van der Waals surface area contributed by atoms with E-state index in [9.17, 15) is 0 Å². The first-order valence-corrected chi connectivity index (χ1v) is 11.7. The lowest BCUT2D eigenvalue weighted by Gasteiger charge is -2.37. The number of benzene rings is 1. The van der Waals surface area contributed by atoms with Gasteiger partial charge < -0.3 is 4.74 Å². The Morgan fingerprint density at radius 3 is 2.14 bits per heavy atom. The van der Waals surface area contributed by atoms with Crippen molar-refractivity contribution in [3.63, 3.8) is 0 Å². The van der Waals surface area contributed by atoms with Crippen LogP contribution in [0.25, 0.3) is 0 Å². The second kappa shape index (κ2) is 11.4. The normalized spacial score (nSPS) is 27.9. The highest BCUT2D eigenvalue weighted by Crippen LogP contribution is 2.42. The van der Waals surface area contributed by atoms with Crippen molar-refractivity contribution in [3.8, 4) is 17.6 Å². The summed E-state index contributed by atoms with van der Waals surface area (Å²) in [5.41, 5.74) is 1.06. The summed E-state index contributed by atoms with van der Waals surface area (Å²) in [6.07, 6.45) is 18.4. The highest BCUT2D eigenvalue weighted by atomic mass is 16.5. The first-order valence-electron chi connectivity index (χ1n) is 11.7. The van der Waals surface area contributed by atoms with Crippen LogP contribution in [0.3, 0.4) is 0 Å². The quantitative estimate of drug-likeness (QED) is 0.468. The smallest absolute Gasteiger partial charge is 0.119 e. The van der Waals surface area contributed by atoms with Crippen LogP contribution in [0.5, 0.6) is 5.75 Å². The zero-order chi connectivity index (χ0) is 19.6. The molecule has 0 aromatic heterocycles. The molecule has 28 heavy (non-hydrogen) atoms. The summed E-state index contributed by atoms with van der Waals surface area (Å²) in [7, 11) is 0. The number of rotatable bonds is 6. The third-order valence-electron chi connectivity index (χ3n) is 6.95. The van der Waals surface area contributed by atoms with Crippen LogP contribution in [-0.4, -0.2) is 6.61 Å². The van der Waals surface area contributed by atoms with Gasteiger partial charge in [0.05, 0.1) is 6.61 Å². The van der Waals surface area contributed by atoms with Crippen LogP contribution in [0.2, 0.25) is 0 Å². The Labute approximate surface area is 173 Å². The summed E-state index contributed by atoms with van der Waals surface area (Å²) < 4.78 is 5.62. The summed E-state index contributed by atoms with van der Waals surface area (Å²) >= 11 is 0. The molecule has 0 amide bonds. The van der Waals surface area contributed by atoms with E-state index in [1.54, 1.807) is 0 Å². The Bertz CT molecular complexity index is 644. The molecule has 2 saturated carbocycles. The predicted octanol–water partition coefficient (Wildman–Crippen LogP) is 7.41. The molecule has 0 unspecified atom stereocenters. The van der Waals surface area contributed by atoms with Crippen LogP contribution in [0, 0.1) is 35.5 Å². The third-order valence-corrected chi connectivity index (χ3v) is 6.95. The minimum Gasteiger partial charge on any atom is -0.494 e. The van der Waals surface area contributed by atoms with Crippen molar-refractivity contribution < 1.29 is 4.74 Å². The van der Waals surface area contributed by atoms with Crippen molar-refractivity contribution in [2.75, 3.05) is 6.61 Å². The fourth-order valence-electron chi connectivity index (χ4n) is 5.04. The van der Waals surface area contributed by atoms with Crippen LogP contribution >= 0.6 is 0 Å². The number of ether oxygens (including phenoxy) is 1. The molecule has 0 spiro atoms. The predicted molar refractivity (Wildman–Crippen MR) is 119 cm³/mol. The van der Waals surface area contributed by atoms with Crippen LogP contribution < -0.4 is 4.74 Å². The monoisotopic (exact) mass is 378 g/mol. The van der Waals surface area contributed by atoms with Crippen molar-refractivity contribution >= 4 is 0 Å². The van der Waals surface area contributed by atoms with Gasteiger partial charge in [-0.1, -0.05) is 51.0 Å². The molecule has 2 aliphatic carbocycles. The van der Waals surface area contributed by atoms with E-state index in [0.717, 1.165) is 48.0 Å². The summed E-state index contributed by atoms with van der Waals surface area (Å²) in [4.78, 5) is 0. The number of hydrogen-bond donors (Lipinski definition) is 0. The van der Waals surface area contributed by atoms with Crippen LogP contribution in [-0.2, 0) is 0 Å². The van der Waals surface area contributed by atoms with E-state index in [2.05, 4.69) is 37.8 Å². The Morgan fingerprint density at radius 2 is 1.54 bits per heavy atom. The molecule has 0 bridgehead atoms. The maximum absolute atomic E-state index is 5.62. The lowest BCUT2D eigenvalue weighted by atomic mass is 9.69. The molecule has 0 N–H and O–H groups in total. The van der Waals surface area contributed by atoms with Gasteiger partial charge in [0.15, 0.2) is 0 Å². The van der Waals surface area contributed by atoms with Gasteiger partial charge in [0, 0.05) is 5.56 Å². The van der Waals surface area contributed by atoms with E-state index in [-0.39, 0.29) is 0 Å². The van der Waals surface area contributed by atoms with Crippen molar-refractivity contribution in [2.24, 2.45) is 23.7 Å². The highest BCUT2D eigenvalue weighted by molar-refractivity contribution is 5.40. The van der Waals surface area contributed by atoms with Crippen molar-refractivity contribution in [1.82, 2.24) is 0 Å². The van der Waals surface area contributed by atoms with Crippen molar-refractivity contribution in [2.45, 2.75) is 78.1 Å². The van der Waals surface area contributed by atoms with Crippen molar-refractivity contribution in [3.05, 3.63) is 42.0 Å². The summed E-state index contributed by atoms with van der Waals surface area (Å²) in [5.74, 6) is 11.2. The average molecular weight is 379 g/mol. The van der Waals surface area contributed by atoms with Gasteiger partial charge in [0.2, 0.25) is 0 Å². The van der Waals surface area contributed by atoms with Gasteiger partial charge in [0.25, 0.3) is 0 Å². The van der Waals surface area contributed by atoms with Crippen molar-refractivity contribution in [1.29, 1.82) is 0 Å². The first kappa shape index (κ1) is 21.0. The van der Waals surface area contributed by atoms with Gasteiger partial charge in [-0.2, -0.15) is 0 Å². The molecule has 0 saturated heterocycles. The Balaban J connectivity index is 1.39. The molecule has 152 valence electrons. The second-order valence-corrected chi connectivity index (χ2v) is 8.87. The Morgan fingerprint density at radius 1 is 0.893 bits per heavy atom. The standard InChI is InChI=1S/C27H38O/c1-3-21-28-27-19-13-24(14-20-27)8-6-5-7-23-11-17-26(18-12-23)25-15-9-22(4-2)10-16-25/h5,7,13-14,19-20,22-23,25-26H,3-4,9-12,15-18,21H2,1-2H3/b7-5+/t22-,23?,25-,26?. The van der Waals surface area contributed by atoms with Gasteiger partial charge in [-0.05, 0) is 99.0 Å². The Kier molecular flexibility index (Phi) is 8.53. The zero-order valence-corrected chi connectivity index (χ0v) is 18.0. The molecule has 1 aromatic carbocycles. The molecule has 1 nitrogen and oxygen atoms in total. The third kappa shape index (κ3) is 6.44. The summed E-state index contributed by atoms with van der Waals surface area (Å²) in [5, 5.41) is 0. The van der Waals surface area contributed by atoms with Gasteiger partial charge >= 0.3 is 0 Å². The maximum Gasteiger partial charge on any atom is 0.119 e. The Hall–Kier alpha value is -1.68. The molecule has 1 aromatic rings. The zero-order valence-electron chi connectivity index (χ0n) is 18.0. The molecule has 0 aliphatic heterocycles. The molecule has 0 atom stereocenters. The van der Waals surface area contributed by atoms with E-state index in [0.29, 0.717) is 0 Å². The molecule has 3 rings (SSSR count). The fourth-order valence-corrected chi connectivity index (χ4v) is 5.04. The summed E-state index contributed by atoms with van der Waals surface area (Å²) in [6, 6.07) is 8.12. The van der Waals surface area contributed by atoms with Crippen LogP contribution in [0.15, 0.2) is 36.4 Å². The van der Waals surface area contributed by atoms with E-state index in [1.165, 1.54) is 57.8 Å². The lowest BCUT2D eigenvalue weighted by Crippen LogP contribution is -2.25. The number of allylic oxidation sites excluding steroid dienone is 2. The molecule has 2 fully saturated rings. The molecular weight excluding hydrogens is 340 g/mol. The largest absolute Gasteiger partial charge is 0.494 e. The molecular formula is C27H38O. The topological polar surface area (TPSA) is 9.23 Å².